The minimum atomic E-state index is -0.407. The number of hydrogen-bond donors (Lipinski definition) is 1. The average Bonchev–Trinajstić information content (AvgIpc) is 2.75. The highest BCUT2D eigenvalue weighted by Crippen LogP contribution is 2.20. The van der Waals surface area contributed by atoms with E-state index in [0.29, 0.717) is 12.4 Å². The molecule has 1 aromatic carbocycles. The molecule has 0 radical (unpaired) electrons. The summed E-state index contributed by atoms with van der Waals surface area (Å²) in [5.41, 5.74) is 0.921. The van der Waals surface area contributed by atoms with Crippen molar-refractivity contribution >= 4 is 11.6 Å². The van der Waals surface area contributed by atoms with Crippen LogP contribution in [0.1, 0.15) is 30.2 Å². The lowest BCUT2D eigenvalue weighted by molar-refractivity contribution is 0.432. The molecule has 5 heteroatoms. The van der Waals surface area contributed by atoms with Gasteiger partial charge in [-0.1, -0.05) is 17.7 Å². The second kappa shape index (κ2) is 5.50. The molecule has 2 aromatic rings. The van der Waals surface area contributed by atoms with Crippen LogP contribution in [-0.2, 0) is 6.54 Å². The van der Waals surface area contributed by atoms with Gasteiger partial charge >= 0.3 is 0 Å². The summed E-state index contributed by atoms with van der Waals surface area (Å²) < 4.78 is 18.4. The van der Waals surface area contributed by atoms with Gasteiger partial charge in [0.15, 0.2) is 0 Å². The smallest absolute Gasteiger partial charge is 0.208 e. The summed E-state index contributed by atoms with van der Waals surface area (Å²) >= 11 is 5.74. The quantitative estimate of drug-likeness (QED) is 0.920. The summed E-state index contributed by atoms with van der Waals surface area (Å²) in [6.45, 7) is 4.34. The highest BCUT2D eigenvalue weighted by atomic mass is 35.5. The van der Waals surface area contributed by atoms with Gasteiger partial charge in [-0.15, -0.1) is 0 Å². The number of benzene rings is 1. The number of halogens is 2. The Balaban J connectivity index is 1.99. The number of hydrogen-bond acceptors (Lipinski definition) is 3. The Bertz CT molecular complexity index is 542. The van der Waals surface area contributed by atoms with Crippen molar-refractivity contribution < 1.29 is 8.81 Å². The topological polar surface area (TPSA) is 38.1 Å². The molecule has 3 nitrogen and oxygen atoms in total. The first-order chi connectivity index (χ1) is 8.56. The third-order valence-corrected chi connectivity index (χ3v) is 2.96. The van der Waals surface area contributed by atoms with Crippen molar-refractivity contribution in [1.29, 1.82) is 0 Å². The zero-order valence-corrected chi connectivity index (χ0v) is 11.0. The van der Waals surface area contributed by atoms with Gasteiger partial charge in [-0.05, 0) is 31.5 Å². The van der Waals surface area contributed by atoms with Crippen LogP contribution in [0.2, 0.25) is 5.02 Å². The Kier molecular flexibility index (Phi) is 3.99. The van der Waals surface area contributed by atoms with Crippen LogP contribution in [0, 0.1) is 12.7 Å². The molecule has 0 saturated carbocycles. The molecule has 1 unspecified atom stereocenters. The van der Waals surface area contributed by atoms with E-state index in [0.717, 1.165) is 11.3 Å². The van der Waals surface area contributed by atoms with E-state index in [2.05, 4.69) is 10.3 Å². The molecule has 0 bridgehead atoms. The molecule has 18 heavy (non-hydrogen) atoms. The lowest BCUT2D eigenvalue weighted by atomic mass is 10.1. The number of aromatic nitrogens is 1. The molecule has 0 amide bonds. The van der Waals surface area contributed by atoms with Gasteiger partial charge in [-0.25, -0.2) is 9.37 Å². The fraction of sp³-hybridized carbons (Fsp3) is 0.308. The average molecular weight is 269 g/mol. The van der Waals surface area contributed by atoms with Gasteiger partial charge in [0.2, 0.25) is 5.89 Å². The molecular weight excluding hydrogens is 255 g/mol. The monoisotopic (exact) mass is 268 g/mol. The van der Waals surface area contributed by atoms with Gasteiger partial charge in [0.1, 0.15) is 11.6 Å². The standard InChI is InChI=1S/C13H14ClFN2O/c1-8-6-17-13(18-8)7-16-9(2)10-3-4-12(15)11(14)5-10/h3-6,9,16H,7H2,1-2H3. The normalized spacial score (nSPS) is 12.7. The van der Waals surface area contributed by atoms with E-state index in [4.69, 9.17) is 16.0 Å². The molecule has 0 fully saturated rings. The lowest BCUT2D eigenvalue weighted by Gasteiger charge is -2.13. The molecule has 1 atom stereocenters. The molecule has 0 saturated heterocycles. The lowest BCUT2D eigenvalue weighted by Crippen LogP contribution is -2.18. The van der Waals surface area contributed by atoms with Crippen LogP contribution in [-0.4, -0.2) is 4.98 Å². The number of nitrogens with zero attached hydrogens (tertiary/aromatic N) is 1. The van der Waals surface area contributed by atoms with Crippen LogP contribution in [0.5, 0.6) is 0 Å². The Morgan fingerprint density at radius 3 is 2.89 bits per heavy atom. The first kappa shape index (κ1) is 13.1. The molecule has 0 aliphatic carbocycles. The van der Waals surface area contributed by atoms with Crippen LogP contribution >= 0.6 is 11.6 Å². The summed E-state index contributed by atoms with van der Waals surface area (Å²) in [4.78, 5) is 4.10. The van der Waals surface area contributed by atoms with Crippen LogP contribution in [0.25, 0.3) is 0 Å². The maximum Gasteiger partial charge on any atom is 0.208 e. The van der Waals surface area contributed by atoms with Gasteiger partial charge in [0.25, 0.3) is 0 Å². The molecule has 0 aliphatic rings. The van der Waals surface area contributed by atoms with Gasteiger partial charge in [-0.2, -0.15) is 0 Å². The molecule has 2 rings (SSSR count). The molecule has 1 aromatic heterocycles. The Labute approximate surface area is 110 Å². The summed E-state index contributed by atoms with van der Waals surface area (Å²) in [6, 6.07) is 4.73. The van der Waals surface area contributed by atoms with E-state index in [1.807, 2.05) is 13.8 Å². The van der Waals surface area contributed by atoms with Crippen molar-refractivity contribution in [2.45, 2.75) is 26.4 Å². The highest BCUT2D eigenvalue weighted by Gasteiger charge is 2.09. The molecule has 1 heterocycles. The fourth-order valence-electron chi connectivity index (χ4n) is 1.62. The molecule has 0 aliphatic heterocycles. The van der Waals surface area contributed by atoms with Crippen molar-refractivity contribution in [3.8, 4) is 0 Å². The minimum absolute atomic E-state index is 0.0373. The van der Waals surface area contributed by atoms with Crippen molar-refractivity contribution in [1.82, 2.24) is 10.3 Å². The van der Waals surface area contributed by atoms with Gasteiger partial charge in [0.05, 0.1) is 17.8 Å². The Morgan fingerprint density at radius 2 is 2.28 bits per heavy atom. The zero-order valence-electron chi connectivity index (χ0n) is 10.2. The third-order valence-electron chi connectivity index (χ3n) is 2.67. The van der Waals surface area contributed by atoms with E-state index >= 15 is 0 Å². The summed E-state index contributed by atoms with van der Waals surface area (Å²) in [6.07, 6.45) is 1.68. The summed E-state index contributed by atoms with van der Waals surface area (Å²) in [7, 11) is 0. The van der Waals surface area contributed by atoms with E-state index in [1.54, 1.807) is 18.3 Å². The second-order valence-electron chi connectivity index (χ2n) is 4.14. The largest absolute Gasteiger partial charge is 0.445 e. The van der Waals surface area contributed by atoms with E-state index in [9.17, 15) is 4.39 Å². The Morgan fingerprint density at radius 1 is 1.50 bits per heavy atom. The Hall–Kier alpha value is -1.39. The maximum absolute atomic E-state index is 13.0. The first-order valence-corrected chi connectivity index (χ1v) is 6.03. The number of aryl methyl sites for hydroxylation is 1. The van der Waals surface area contributed by atoms with E-state index in [-0.39, 0.29) is 11.1 Å². The van der Waals surface area contributed by atoms with Gasteiger partial charge in [-0.3, -0.25) is 0 Å². The van der Waals surface area contributed by atoms with Crippen LogP contribution in [0.4, 0.5) is 4.39 Å². The van der Waals surface area contributed by atoms with Crippen molar-refractivity contribution in [3.05, 3.63) is 52.5 Å². The molecule has 1 N–H and O–H groups in total. The van der Waals surface area contributed by atoms with Crippen LogP contribution < -0.4 is 5.32 Å². The SMILES string of the molecule is Cc1cnc(CNC(C)c2ccc(F)c(Cl)c2)o1. The predicted molar refractivity (Wildman–Crippen MR) is 67.9 cm³/mol. The number of oxazole rings is 1. The summed E-state index contributed by atoms with van der Waals surface area (Å²) in [5.74, 6) is 1.01. The second-order valence-corrected chi connectivity index (χ2v) is 4.55. The maximum atomic E-state index is 13.0. The van der Waals surface area contributed by atoms with Gasteiger partial charge in [0, 0.05) is 6.04 Å². The fourth-order valence-corrected chi connectivity index (χ4v) is 1.81. The van der Waals surface area contributed by atoms with Gasteiger partial charge < -0.3 is 9.73 Å². The predicted octanol–water partition coefficient (Wildman–Crippen LogP) is 3.63. The van der Waals surface area contributed by atoms with E-state index in [1.165, 1.54) is 6.07 Å². The number of nitrogens with one attached hydrogen (secondary N) is 1. The first-order valence-electron chi connectivity index (χ1n) is 5.66. The van der Waals surface area contributed by atoms with Crippen molar-refractivity contribution in [2.24, 2.45) is 0 Å². The molecule has 96 valence electrons. The van der Waals surface area contributed by atoms with Crippen LogP contribution in [0.3, 0.4) is 0 Å². The van der Waals surface area contributed by atoms with Crippen molar-refractivity contribution in [3.63, 3.8) is 0 Å². The molecule has 0 spiro atoms. The van der Waals surface area contributed by atoms with E-state index < -0.39 is 5.82 Å². The zero-order chi connectivity index (χ0) is 13.1. The van der Waals surface area contributed by atoms with Crippen LogP contribution in [0.15, 0.2) is 28.8 Å². The number of rotatable bonds is 4. The molecular formula is C13H14ClFN2O. The van der Waals surface area contributed by atoms with Crippen molar-refractivity contribution in [2.75, 3.05) is 0 Å². The highest BCUT2D eigenvalue weighted by molar-refractivity contribution is 6.30. The third kappa shape index (κ3) is 3.09. The summed E-state index contributed by atoms with van der Waals surface area (Å²) in [5, 5.41) is 3.37. The minimum Gasteiger partial charge on any atom is -0.445 e.